The van der Waals surface area contributed by atoms with Crippen molar-refractivity contribution in [3.63, 3.8) is 0 Å². The van der Waals surface area contributed by atoms with Gasteiger partial charge in [-0.05, 0) is 42.7 Å². The van der Waals surface area contributed by atoms with E-state index in [0.29, 0.717) is 6.42 Å². The summed E-state index contributed by atoms with van der Waals surface area (Å²) in [5.41, 5.74) is 4.21. The van der Waals surface area contributed by atoms with E-state index in [1.807, 2.05) is 12.1 Å². The molecule has 1 aromatic rings. The van der Waals surface area contributed by atoms with Crippen LogP contribution in [0.2, 0.25) is 0 Å². The summed E-state index contributed by atoms with van der Waals surface area (Å²) >= 11 is 0. The highest BCUT2D eigenvalue weighted by Gasteiger charge is 2.28. The molecular weight excluding hydrogens is 322 g/mol. The third-order valence-corrected chi connectivity index (χ3v) is 4.70. The number of amides is 3. The molecule has 0 fully saturated rings. The van der Waals surface area contributed by atoms with Crippen LogP contribution in [0.15, 0.2) is 24.3 Å². The molecule has 7 heteroatoms. The first-order valence-corrected chi connectivity index (χ1v) is 8.51. The van der Waals surface area contributed by atoms with Crippen molar-refractivity contribution in [1.29, 1.82) is 0 Å². The van der Waals surface area contributed by atoms with Crippen molar-refractivity contribution in [1.82, 2.24) is 16.1 Å². The smallest absolute Gasteiger partial charge is 0.244 e. The molecule has 0 saturated carbocycles. The number of benzene rings is 1. The van der Waals surface area contributed by atoms with E-state index < -0.39 is 11.8 Å². The standard InChI is InChI=1S/C18H25N3O4/c1-19-17(23)11-20-18(24)15(10-16(22)21-25)9-12-6-7-13-4-2-3-5-14(13)8-12/h2-5,12,15,25H,6-11H2,1H3,(H,19,23)(H,20,24)(H,21,22). The van der Waals surface area contributed by atoms with E-state index in [9.17, 15) is 14.4 Å². The number of carbonyl (C=O) groups is 3. The number of carbonyl (C=O) groups excluding carboxylic acids is 3. The van der Waals surface area contributed by atoms with Crippen LogP contribution in [0, 0.1) is 11.8 Å². The van der Waals surface area contributed by atoms with Crippen LogP contribution in [0.4, 0.5) is 0 Å². The van der Waals surface area contributed by atoms with Crippen LogP contribution >= 0.6 is 0 Å². The Hall–Kier alpha value is -2.41. The van der Waals surface area contributed by atoms with E-state index in [2.05, 4.69) is 22.8 Å². The Morgan fingerprint density at radius 1 is 1.20 bits per heavy atom. The Labute approximate surface area is 147 Å². The largest absolute Gasteiger partial charge is 0.358 e. The lowest BCUT2D eigenvalue weighted by atomic mass is 9.78. The van der Waals surface area contributed by atoms with Crippen molar-refractivity contribution in [3.05, 3.63) is 35.4 Å². The van der Waals surface area contributed by atoms with Gasteiger partial charge in [-0.1, -0.05) is 24.3 Å². The van der Waals surface area contributed by atoms with Crippen molar-refractivity contribution in [2.75, 3.05) is 13.6 Å². The van der Waals surface area contributed by atoms with Gasteiger partial charge >= 0.3 is 0 Å². The first-order valence-electron chi connectivity index (χ1n) is 8.51. The molecule has 0 bridgehead atoms. The molecular formula is C18H25N3O4. The molecule has 2 rings (SSSR count). The van der Waals surface area contributed by atoms with E-state index in [1.165, 1.54) is 18.2 Å². The normalized spacial score (nSPS) is 17.1. The molecule has 136 valence electrons. The van der Waals surface area contributed by atoms with Gasteiger partial charge < -0.3 is 10.6 Å². The monoisotopic (exact) mass is 347 g/mol. The minimum absolute atomic E-state index is 0.103. The molecule has 0 aromatic heterocycles. The van der Waals surface area contributed by atoms with Crippen molar-refractivity contribution < 1.29 is 19.6 Å². The average molecular weight is 347 g/mol. The first-order chi connectivity index (χ1) is 12.0. The van der Waals surface area contributed by atoms with Gasteiger partial charge in [-0.2, -0.15) is 0 Å². The predicted octanol–water partition coefficient (Wildman–Crippen LogP) is 0.556. The summed E-state index contributed by atoms with van der Waals surface area (Å²) in [5, 5.41) is 13.8. The number of likely N-dealkylation sites (N-methyl/N-ethyl adjacent to an activating group) is 1. The summed E-state index contributed by atoms with van der Waals surface area (Å²) < 4.78 is 0. The van der Waals surface area contributed by atoms with Crippen LogP contribution in [0.1, 0.15) is 30.4 Å². The molecule has 2 unspecified atom stereocenters. The molecule has 0 saturated heterocycles. The highest BCUT2D eigenvalue weighted by Crippen LogP contribution is 2.30. The molecule has 2 atom stereocenters. The van der Waals surface area contributed by atoms with Crippen molar-refractivity contribution in [3.8, 4) is 0 Å². The Bertz CT molecular complexity index is 633. The number of aryl methyl sites for hydroxylation is 1. The number of rotatable bonds is 7. The third-order valence-electron chi connectivity index (χ3n) is 4.70. The summed E-state index contributed by atoms with van der Waals surface area (Å²) in [6, 6.07) is 8.26. The van der Waals surface area contributed by atoms with E-state index in [4.69, 9.17) is 5.21 Å². The minimum atomic E-state index is -0.601. The second kappa shape index (κ2) is 9.17. The lowest BCUT2D eigenvalue weighted by Gasteiger charge is -2.27. The molecule has 3 amide bonds. The van der Waals surface area contributed by atoms with Gasteiger partial charge in [-0.3, -0.25) is 19.6 Å². The second-order valence-corrected chi connectivity index (χ2v) is 6.44. The van der Waals surface area contributed by atoms with Crippen molar-refractivity contribution in [2.45, 2.75) is 32.1 Å². The van der Waals surface area contributed by atoms with E-state index in [0.717, 1.165) is 19.3 Å². The molecule has 1 aromatic carbocycles. The van der Waals surface area contributed by atoms with Gasteiger partial charge in [-0.15, -0.1) is 0 Å². The Balaban J connectivity index is 1.99. The second-order valence-electron chi connectivity index (χ2n) is 6.44. The van der Waals surface area contributed by atoms with E-state index >= 15 is 0 Å². The maximum Gasteiger partial charge on any atom is 0.244 e. The average Bonchev–Trinajstić information content (AvgIpc) is 2.64. The minimum Gasteiger partial charge on any atom is -0.358 e. The van der Waals surface area contributed by atoms with Crippen LogP contribution in [0.5, 0.6) is 0 Å². The molecule has 0 spiro atoms. The van der Waals surface area contributed by atoms with Gasteiger partial charge in [0.15, 0.2) is 0 Å². The Kier molecular flexibility index (Phi) is 6.94. The third kappa shape index (κ3) is 5.56. The molecule has 25 heavy (non-hydrogen) atoms. The number of hydrogen-bond acceptors (Lipinski definition) is 4. The number of hydrogen-bond donors (Lipinski definition) is 4. The van der Waals surface area contributed by atoms with Gasteiger partial charge in [0.05, 0.1) is 6.54 Å². The molecule has 0 aliphatic heterocycles. The highest BCUT2D eigenvalue weighted by molar-refractivity contribution is 5.88. The summed E-state index contributed by atoms with van der Waals surface area (Å²) in [6.07, 6.45) is 3.22. The van der Waals surface area contributed by atoms with Gasteiger partial charge in [0, 0.05) is 19.4 Å². The van der Waals surface area contributed by atoms with Crippen LogP contribution < -0.4 is 16.1 Å². The van der Waals surface area contributed by atoms with Gasteiger partial charge in [0.1, 0.15) is 0 Å². The van der Waals surface area contributed by atoms with Crippen LogP contribution in [-0.4, -0.2) is 36.5 Å². The summed E-state index contributed by atoms with van der Waals surface area (Å²) in [4.78, 5) is 35.2. The zero-order valence-electron chi connectivity index (χ0n) is 14.4. The van der Waals surface area contributed by atoms with Crippen LogP contribution in [0.25, 0.3) is 0 Å². The fraction of sp³-hybridized carbons (Fsp3) is 0.500. The molecule has 0 radical (unpaired) electrons. The number of nitrogens with one attached hydrogen (secondary N) is 3. The predicted molar refractivity (Wildman–Crippen MR) is 91.7 cm³/mol. The molecule has 1 aliphatic rings. The molecule has 1 aliphatic carbocycles. The maximum absolute atomic E-state index is 12.4. The Morgan fingerprint density at radius 2 is 1.92 bits per heavy atom. The van der Waals surface area contributed by atoms with E-state index in [1.54, 1.807) is 5.48 Å². The van der Waals surface area contributed by atoms with Gasteiger partial charge in [0.25, 0.3) is 0 Å². The lowest BCUT2D eigenvalue weighted by Crippen LogP contribution is -2.40. The Morgan fingerprint density at radius 3 is 2.60 bits per heavy atom. The summed E-state index contributed by atoms with van der Waals surface area (Å²) in [7, 11) is 1.49. The fourth-order valence-corrected chi connectivity index (χ4v) is 3.33. The topological polar surface area (TPSA) is 108 Å². The number of fused-ring (bicyclic) bond motifs is 1. The van der Waals surface area contributed by atoms with Crippen molar-refractivity contribution in [2.24, 2.45) is 11.8 Å². The molecule has 7 nitrogen and oxygen atoms in total. The quantitative estimate of drug-likeness (QED) is 0.427. The fourth-order valence-electron chi connectivity index (χ4n) is 3.33. The van der Waals surface area contributed by atoms with Gasteiger partial charge in [-0.25, -0.2) is 5.48 Å². The van der Waals surface area contributed by atoms with Gasteiger partial charge in [0.2, 0.25) is 17.7 Å². The summed E-state index contributed by atoms with van der Waals surface area (Å²) in [5.74, 6) is -1.53. The number of hydroxylamine groups is 1. The van der Waals surface area contributed by atoms with E-state index in [-0.39, 0.29) is 30.7 Å². The molecule has 4 N–H and O–H groups in total. The lowest BCUT2D eigenvalue weighted by molar-refractivity contribution is -0.135. The maximum atomic E-state index is 12.4. The van der Waals surface area contributed by atoms with Crippen LogP contribution in [-0.2, 0) is 27.2 Å². The molecule has 0 heterocycles. The first kappa shape index (κ1) is 18.9. The zero-order valence-corrected chi connectivity index (χ0v) is 14.4. The van der Waals surface area contributed by atoms with Crippen molar-refractivity contribution >= 4 is 17.7 Å². The zero-order chi connectivity index (χ0) is 18.2. The van der Waals surface area contributed by atoms with Crippen LogP contribution in [0.3, 0.4) is 0 Å². The highest BCUT2D eigenvalue weighted by atomic mass is 16.5. The SMILES string of the molecule is CNC(=O)CNC(=O)C(CC(=O)NO)CC1CCc2ccccc2C1. The summed E-state index contributed by atoms with van der Waals surface area (Å²) in [6.45, 7) is -0.125.